The standard InChI is InChI=1S/C28H21ClN4O3S/c1-35-21-11-3-17(4-12-21)26-31-23(15-16-24(34)30-20-9-7-19(29)8-10-20)25-28(33-26)37-27(32-25)18-5-13-22(36-2)14-6-18/h3-16H,1-2H3,(H,30,34)/b16-15+. The summed E-state index contributed by atoms with van der Waals surface area (Å²) >= 11 is 7.39. The molecule has 0 saturated carbocycles. The van der Waals surface area contributed by atoms with E-state index in [1.165, 1.54) is 17.4 Å². The molecule has 0 atom stereocenters. The number of ether oxygens (including phenoxy) is 2. The van der Waals surface area contributed by atoms with Gasteiger partial charge in [-0.05, 0) is 78.9 Å². The van der Waals surface area contributed by atoms with Gasteiger partial charge in [0.1, 0.15) is 26.9 Å². The fourth-order valence-electron chi connectivity index (χ4n) is 3.56. The van der Waals surface area contributed by atoms with Gasteiger partial charge in [0.2, 0.25) is 5.91 Å². The lowest BCUT2D eigenvalue weighted by Gasteiger charge is -2.05. The number of halogens is 1. The van der Waals surface area contributed by atoms with Crippen molar-refractivity contribution in [3.8, 4) is 33.5 Å². The number of anilines is 1. The highest BCUT2D eigenvalue weighted by Gasteiger charge is 2.15. The van der Waals surface area contributed by atoms with Crippen LogP contribution >= 0.6 is 22.9 Å². The van der Waals surface area contributed by atoms with Crippen LogP contribution in [0.15, 0.2) is 78.9 Å². The van der Waals surface area contributed by atoms with Crippen molar-refractivity contribution in [3.05, 3.63) is 89.6 Å². The van der Waals surface area contributed by atoms with Crippen LogP contribution in [0.5, 0.6) is 11.5 Å². The molecular formula is C28H21ClN4O3S. The molecule has 2 heterocycles. The number of carbonyl (C=O) groups excluding carboxylic acids is 1. The first-order chi connectivity index (χ1) is 18.0. The molecule has 37 heavy (non-hydrogen) atoms. The number of rotatable bonds is 7. The minimum Gasteiger partial charge on any atom is -0.497 e. The van der Waals surface area contributed by atoms with E-state index in [9.17, 15) is 4.79 Å². The van der Waals surface area contributed by atoms with Crippen LogP contribution in [0.1, 0.15) is 5.69 Å². The van der Waals surface area contributed by atoms with Gasteiger partial charge >= 0.3 is 0 Å². The Hall–Kier alpha value is -4.27. The first kappa shape index (κ1) is 24.4. The van der Waals surface area contributed by atoms with Crippen molar-refractivity contribution >= 4 is 51.0 Å². The minimum atomic E-state index is -0.300. The molecule has 0 fully saturated rings. The molecule has 184 valence electrons. The van der Waals surface area contributed by atoms with Gasteiger partial charge in [0.05, 0.1) is 19.9 Å². The van der Waals surface area contributed by atoms with Crippen LogP contribution in [0.2, 0.25) is 5.02 Å². The molecule has 0 spiro atoms. The van der Waals surface area contributed by atoms with E-state index in [-0.39, 0.29) is 5.91 Å². The van der Waals surface area contributed by atoms with Crippen LogP contribution in [0.25, 0.3) is 38.4 Å². The highest BCUT2D eigenvalue weighted by Crippen LogP contribution is 2.33. The van der Waals surface area contributed by atoms with Crippen LogP contribution in [0, 0.1) is 0 Å². The van der Waals surface area contributed by atoms with Gasteiger partial charge in [-0.25, -0.2) is 15.0 Å². The smallest absolute Gasteiger partial charge is 0.248 e. The molecule has 1 N–H and O–H groups in total. The number of thiazole rings is 1. The Bertz CT molecular complexity index is 1580. The number of fused-ring (bicyclic) bond motifs is 1. The first-order valence-corrected chi connectivity index (χ1v) is 12.4. The Morgan fingerprint density at radius 1 is 0.838 bits per heavy atom. The van der Waals surface area contributed by atoms with Gasteiger partial charge in [0.15, 0.2) is 5.82 Å². The van der Waals surface area contributed by atoms with Crippen molar-refractivity contribution < 1.29 is 14.3 Å². The van der Waals surface area contributed by atoms with E-state index in [0.29, 0.717) is 32.6 Å². The number of benzene rings is 3. The molecule has 1 amide bonds. The Labute approximate surface area is 222 Å². The number of carbonyl (C=O) groups is 1. The second kappa shape index (κ2) is 10.8. The maximum atomic E-state index is 12.6. The zero-order chi connectivity index (χ0) is 25.8. The molecule has 2 aromatic heterocycles. The lowest BCUT2D eigenvalue weighted by atomic mass is 10.2. The normalized spacial score (nSPS) is 11.1. The summed E-state index contributed by atoms with van der Waals surface area (Å²) in [6, 6.07) is 22.1. The largest absolute Gasteiger partial charge is 0.497 e. The van der Waals surface area contributed by atoms with Gasteiger partial charge in [-0.1, -0.05) is 22.9 Å². The molecule has 0 saturated heterocycles. The number of amides is 1. The van der Waals surface area contributed by atoms with E-state index >= 15 is 0 Å². The summed E-state index contributed by atoms with van der Waals surface area (Å²) < 4.78 is 10.5. The minimum absolute atomic E-state index is 0.300. The van der Waals surface area contributed by atoms with Crippen LogP contribution in [0.3, 0.4) is 0 Å². The maximum absolute atomic E-state index is 12.6. The van der Waals surface area contributed by atoms with Crippen molar-refractivity contribution in [3.63, 3.8) is 0 Å². The molecule has 0 aliphatic heterocycles. The summed E-state index contributed by atoms with van der Waals surface area (Å²) in [6.45, 7) is 0. The van der Waals surface area contributed by atoms with Gasteiger partial charge in [-0.3, -0.25) is 4.79 Å². The summed E-state index contributed by atoms with van der Waals surface area (Å²) in [5, 5.41) is 4.20. The van der Waals surface area contributed by atoms with Gasteiger partial charge < -0.3 is 14.8 Å². The molecule has 0 unspecified atom stereocenters. The van der Waals surface area contributed by atoms with Gasteiger partial charge in [0.25, 0.3) is 0 Å². The van der Waals surface area contributed by atoms with Gasteiger partial charge in [0, 0.05) is 27.9 Å². The van der Waals surface area contributed by atoms with Crippen LogP contribution < -0.4 is 14.8 Å². The highest BCUT2D eigenvalue weighted by molar-refractivity contribution is 7.21. The highest BCUT2D eigenvalue weighted by atomic mass is 35.5. The quantitative estimate of drug-likeness (QED) is 0.235. The summed E-state index contributed by atoms with van der Waals surface area (Å²) in [7, 11) is 3.25. The third-order valence-corrected chi connectivity index (χ3v) is 6.73. The maximum Gasteiger partial charge on any atom is 0.248 e. The van der Waals surface area contributed by atoms with E-state index < -0.39 is 0 Å². The van der Waals surface area contributed by atoms with Gasteiger partial charge in [-0.15, -0.1) is 0 Å². The number of nitrogens with zero attached hydrogens (tertiary/aromatic N) is 3. The average molecular weight is 529 g/mol. The number of hydrogen-bond acceptors (Lipinski definition) is 7. The van der Waals surface area contributed by atoms with Crippen LogP contribution in [-0.4, -0.2) is 35.1 Å². The molecule has 0 aliphatic carbocycles. The first-order valence-electron chi connectivity index (χ1n) is 11.2. The molecule has 9 heteroatoms. The monoisotopic (exact) mass is 528 g/mol. The summed E-state index contributed by atoms with van der Waals surface area (Å²) in [6.07, 6.45) is 3.08. The molecule has 5 rings (SSSR count). The second-order valence-corrected chi connectivity index (χ2v) is 9.31. The van der Waals surface area contributed by atoms with E-state index in [2.05, 4.69) is 5.32 Å². The Balaban J connectivity index is 1.53. The Morgan fingerprint density at radius 3 is 2.08 bits per heavy atom. The fourth-order valence-corrected chi connectivity index (χ4v) is 4.64. The van der Waals surface area contributed by atoms with E-state index in [1.807, 2.05) is 48.5 Å². The van der Waals surface area contributed by atoms with E-state index in [4.69, 9.17) is 36.0 Å². The van der Waals surface area contributed by atoms with Gasteiger partial charge in [-0.2, -0.15) is 0 Å². The topological polar surface area (TPSA) is 86.2 Å². The zero-order valence-electron chi connectivity index (χ0n) is 19.9. The fraction of sp³-hybridized carbons (Fsp3) is 0.0714. The Morgan fingerprint density at radius 2 is 1.46 bits per heavy atom. The molecule has 7 nitrogen and oxygen atoms in total. The third kappa shape index (κ3) is 5.61. The SMILES string of the molecule is COc1ccc(-c2nc(/C=C/C(=O)Nc3ccc(Cl)cc3)c3nc(-c4ccc(OC)cc4)sc3n2)cc1. The van der Waals surface area contributed by atoms with Crippen molar-refractivity contribution in [2.75, 3.05) is 19.5 Å². The van der Waals surface area contributed by atoms with Crippen LogP contribution in [-0.2, 0) is 4.79 Å². The Kier molecular flexibility index (Phi) is 7.11. The summed E-state index contributed by atoms with van der Waals surface area (Å²) in [5.41, 5.74) is 3.55. The molecule has 0 radical (unpaired) electrons. The van der Waals surface area contributed by atoms with E-state index in [0.717, 1.165) is 27.6 Å². The third-order valence-electron chi connectivity index (χ3n) is 5.48. The molecule has 5 aromatic rings. The van der Waals surface area contributed by atoms with Crippen molar-refractivity contribution in [2.45, 2.75) is 0 Å². The van der Waals surface area contributed by atoms with Crippen molar-refractivity contribution in [1.29, 1.82) is 0 Å². The van der Waals surface area contributed by atoms with Crippen molar-refractivity contribution in [1.82, 2.24) is 15.0 Å². The lowest BCUT2D eigenvalue weighted by Crippen LogP contribution is -2.07. The molecule has 0 aliphatic rings. The lowest BCUT2D eigenvalue weighted by molar-refractivity contribution is -0.111. The zero-order valence-corrected chi connectivity index (χ0v) is 21.5. The number of nitrogens with one attached hydrogen (secondary N) is 1. The summed E-state index contributed by atoms with van der Waals surface area (Å²) in [5.74, 6) is 1.73. The summed E-state index contributed by atoms with van der Waals surface area (Å²) in [4.78, 5) is 27.6. The number of aromatic nitrogens is 3. The number of methoxy groups -OCH3 is 2. The molecule has 3 aromatic carbocycles. The average Bonchev–Trinajstić information content (AvgIpc) is 3.37. The predicted molar refractivity (Wildman–Crippen MR) is 148 cm³/mol. The molecular weight excluding hydrogens is 508 g/mol. The van der Waals surface area contributed by atoms with E-state index in [1.54, 1.807) is 44.6 Å². The predicted octanol–water partition coefficient (Wildman–Crippen LogP) is 6.74. The van der Waals surface area contributed by atoms with Crippen molar-refractivity contribution in [2.24, 2.45) is 0 Å². The molecule has 0 bridgehead atoms. The van der Waals surface area contributed by atoms with Crippen LogP contribution in [0.4, 0.5) is 5.69 Å². The number of hydrogen-bond donors (Lipinski definition) is 1. The second-order valence-electron chi connectivity index (χ2n) is 7.89.